The third-order valence-electron chi connectivity index (χ3n) is 4.92. The molecule has 0 saturated carbocycles. The van der Waals surface area contributed by atoms with Gasteiger partial charge in [-0.05, 0) is 42.0 Å². The summed E-state index contributed by atoms with van der Waals surface area (Å²) in [6, 6.07) is 16.0. The Morgan fingerprint density at radius 3 is 2.42 bits per heavy atom. The number of ether oxygens (including phenoxy) is 2. The highest BCUT2D eigenvalue weighted by Crippen LogP contribution is 2.38. The number of methoxy groups -OCH3 is 2. The zero-order valence-electron chi connectivity index (χ0n) is 16.8. The lowest BCUT2D eigenvalue weighted by atomic mass is 10.1. The van der Waals surface area contributed by atoms with Crippen LogP contribution in [0.5, 0.6) is 11.5 Å². The van der Waals surface area contributed by atoms with Crippen molar-refractivity contribution in [3.05, 3.63) is 78.1 Å². The van der Waals surface area contributed by atoms with Crippen LogP contribution >= 0.6 is 0 Å². The van der Waals surface area contributed by atoms with Gasteiger partial charge in [0.25, 0.3) is 10.0 Å². The van der Waals surface area contributed by atoms with Gasteiger partial charge < -0.3 is 9.47 Å². The van der Waals surface area contributed by atoms with Crippen LogP contribution in [0.3, 0.4) is 0 Å². The second-order valence-electron chi connectivity index (χ2n) is 6.78. The van der Waals surface area contributed by atoms with E-state index in [2.05, 4.69) is 0 Å². The number of hydrogen-bond acceptors (Lipinski definition) is 5. The Morgan fingerprint density at radius 1 is 0.935 bits per heavy atom. The number of fused-ring (bicyclic) bond motifs is 1. The van der Waals surface area contributed by atoms with E-state index in [1.807, 2.05) is 0 Å². The van der Waals surface area contributed by atoms with Gasteiger partial charge in [0.2, 0.25) is 0 Å². The lowest BCUT2D eigenvalue weighted by Gasteiger charge is -2.36. The molecule has 3 aromatic rings. The SMILES string of the molecule is COc1cccc(N2C(=O)N(Cc3ccc(OC)c(F)c3)c3ccccc3S2(=O)=O)c1. The summed E-state index contributed by atoms with van der Waals surface area (Å²) < 4.78 is 51.7. The molecule has 0 saturated heterocycles. The number of sulfonamides is 1. The first kappa shape index (κ1) is 20.7. The number of nitrogens with zero attached hydrogens (tertiary/aromatic N) is 2. The Kier molecular flexibility index (Phi) is 5.28. The fraction of sp³-hybridized carbons (Fsp3) is 0.136. The van der Waals surface area contributed by atoms with E-state index in [1.54, 1.807) is 36.4 Å². The molecule has 2 amide bonds. The highest BCUT2D eigenvalue weighted by molar-refractivity contribution is 7.94. The van der Waals surface area contributed by atoms with Gasteiger partial charge in [0.1, 0.15) is 10.6 Å². The maximum absolute atomic E-state index is 14.2. The minimum absolute atomic E-state index is 0.0218. The van der Waals surface area contributed by atoms with Crippen molar-refractivity contribution >= 4 is 27.4 Å². The molecule has 7 nitrogen and oxygen atoms in total. The molecule has 0 radical (unpaired) electrons. The topological polar surface area (TPSA) is 76.2 Å². The molecular formula is C22H19FN2O5S. The number of para-hydroxylation sites is 1. The van der Waals surface area contributed by atoms with E-state index in [4.69, 9.17) is 9.47 Å². The summed E-state index contributed by atoms with van der Waals surface area (Å²) >= 11 is 0. The van der Waals surface area contributed by atoms with Crippen LogP contribution in [0.15, 0.2) is 71.6 Å². The highest BCUT2D eigenvalue weighted by Gasteiger charge is 2.42. The van der Waals surface area contributed by atoms with Gasteiger partial charge in [-0.2, -0.15) is 4.31 Å². The van der Waals surface area contributed by atoms with Gasteiger partial charge in [0.05, 0.1) is 32.1 Å². The van der Waals surface area contributed by atoms with Crippen LogP contribution in [0.2, 0.25) is 0 Å². The number of rotatable bonds is 5. The highest BCUT2D eigenvalue weighted by atomic mass is 32.2. The number of carbonyl (C=O) groups excluding carboxylic acids is 1. The normalized spacial score (nSPS) is 14.9. The summed E-state index contributed by atoms with van der Waals surface area (Å²) in [5.74, 6) is -0.0899. The maximum atomic E-state index is 14.2. The van der Waals surface area contributed by atoms with Crippen molar-refractivity contribution in [2.45, 2.75) is 11.4 Å². The van der Waals surface area contributed by atoms with E-state index < -0.39 is 21.9 Å². The van der Waals surface area contributed by atoms with E-state index in [1.165, 1.54) is 49.5 Å². The molecule has 1 heterocycles. The first-order valence-corrected chi connectivity index (χ1v) is 10.7. The third kappa shape index (κ3) is 3.57. The molecule has 0 unspecified atom stereocenters. The monoisotopic (exact) mass is 442 g/mol. The number of urea groups is 1. The molecule has 0 atom stereocenters. The zero-order chi connectivity index (χ0) is 22.2. The Hall–Kier alpha value is -3.59. The fourth-order valence-corrected chi connectivity index (χ4v) is 5.03. The Labute approximate surface area is 179 Å². The van der Waals surface area contributed by atoms with Gasteiger partial charge in [-0.3, -0.25) is 4.90 Å². The Morgan fingerprint density at radius 2 is 1.71 bits per heavy atom. The molecule has 1 aliphatic heterocycles. The summed E-state index contributed by atoms with van der Waals surface area (Å²) in [5.41, 5.74) is 0.846. The summed E-state index contributed by atoms with van der Waals surface area (Å²) in [6.07, 6.45) is 0. The summed E-state index contributed by atoms with van der Waals surface area (Å²) in [5, 5.41) is 0. The van der Waals surface area contributed by atoms with Crippen LogP contribution in [-0.4, -0.2) is 28.7 Å². The molecule has 0 bridgehead atoms. The fourth-order valence-electron chi connectivity index (χ4n) is 3.44. The zero-order valence-corrected chi connectivity index (χ0v) is 17.6. The molecule has 0 fully saturated rings. The molecule has 9 heteroatoms. The molecule has 160 valence electrons. The van der Waals surface area contributed by atoms with Crippen LogP contribution in [-0.2, 0) is 16.6 Å². The number of hydrogen-bond donors (Lipinski definition) is 0. The summed E-state index contributed by atoms with van der Waals surface area (Å²) in [7, 11) is -1.35. The van der Waals surface area contributed by atoms with Crippen LogP contribution < -0.4 is 18.7 Å². The largest absolute Gasteiger partial charge is 0.497 e. The predicted molar refractivity (Wildman–Crippen MR) is 114 cm³/mol. The van der Waals surface area contributed by atoms with Crippen molar-refractivity contribution in [2.24, 2.45) is 0 Å². The summed E-state index contributed by atoms with van der Waals surface area (Å²) in [4.78, 5) is 14.7. The lowest BCUT2D eigenvalue weighted by Crippen LogP contribution is -2.50. The number of anilines is 2. The van der Waals surface area contributed by atoms with E-state index >= 15 is 0 Å². The molecule has 4 rings (SSSR count). The van der Waals surface area contributed by atoms with Crippen molar-refractivity contribution < 1.29 is 27.1 Å². The van der Waals surface area contributed by atoms with Gasteiger partial charge in [-0.15, -0.1) is 0 Å². The molecule has 0 aliphatic carbocycles. The van der Waals surface area contributed by atoms with Gasteiger partial charge in [0.15, 0.2) is 11.6 Å². The first-order chi connectivity index (χ1) is 14.9. The molecule has 1 aliphatic rings. The third-order valence-corrected chi connectivity index (χ3v) is 6.67. The number of benzene rings is 3. The van der Waals surface area contributed by atoms with Crippen molar-refractivity contribution in [3.8, 4) is 11.5 Å². The molecule has 0 aromatic heterocycles. The average molecular weight is 442 g/mol. The van der Waals surface area contributed by atoms with Crippen molar-refractivity contribution in [1.29, 1.82) is 0 Å². The Balaban J connectivity index is 1.83. The smallest absolute Gasteiger partial charge is 0.343 e. The second kappa shape index (κ2) is 7.92. The molecule has 0 spiro atoms. The van der Waals surface area contributed by atoms with E-state index in [0.29, 0.717) is 11.3 Å². The lowest BCUT2D eigenvalue weighted by molar-refractivity contribution is 0.253. The molecule has 3 aromatic carbocycles. The standard InChI is InChI=1S/C22H19FN2O5S/c1-29-17-7-5-6-16(13-17)25-22(26)24(14-15-10-11-20(30-2)18(23)12-15)19-8-3-4-9-21(19)31(25,27)28/h3-13H,14H2,1-2H3. The van der Waals surface area contributed by atoms with Crippen molar-refractivity contribution in [1.82, 2.24) is 0 Å². The maximum Gasteiger partial charge on any atom is 0.343 e. The van der Waals surface area contributed by atoms with Crippen molar-refractivity contribution in [2.75, 3.05) is 23.4 Å². The first-order valence-electron chi connectivity index (χ1n) is 9.29. The van der Waals surface area contributed by atoms with Crippen LogP contribution in [0.4, 0.5) is 20.6 Å². The minimum Gasteiger partial charge on any atom is -0.497 e. The van der Waals surface area contributed by atoms with E-state index in [0.717, 1.165) is 4.31 Å². The van der Waals surface area contributed by atoms with Gasteiger partial charge in [0, 0.05) is 6.07 Å². The molecule has 0 N–H and O–H groups in total. The molecule has 31 heavy (non-hydrogen) atoms. The Bertz CT molecular complexity index is 1260. The second-order valence-corrected chi connectivity index (χ2v) is 8.53. The van der Waals surface area contributed by atoms with Crippen LogP contribution in [0.25, 0.3) is 0 Å². The number of carbonyl (C=O) groups is 1. The van der Waals surface area contributed by atoms with Gasteiger partial charge in [-0.1, -0.05) is 24.3 Å². The van der Waals surface area contributed by atoms with Crippen LogP contribution in [0.1, 0.15) is 5.56 Å². The quantitative estimate of drug-likeness (QED) is 0.593. The average Bonchev–Trinajstić information content (AvgIpc) is 2.77. The number of amides is 2. The van der Waals surface area contributed by atoms with Crippen molar-refractivity contribution in [3.63, 3.8) is 0 Å². The molecular weight excluding hydrogens is 423 g/mol. The van der Waals surface area contributed by atoms with Crippen LogP contribution in [0, 0.1) is 5.82 Å². The summed E-state index contributed by atoms with van der Waals surface area (Å²) in [6.45, 7) is -0.0350. The predicted octanol–water partition coefficient (Wildman–Crippen LogP) is 4.18. The van der Waals surface area contributed by atoms with E-state index in [9.17, 15) is 17.6 Å². The van der Waals surface area contributed by atoms with Gasteiger partial charge in [-0.25, -0.2) is 17.6 Å². The van der Waals surface area contributed by atoms with E-state index in [-0.39, 0.29) is 28.6 Å². The number of halogens is 1. The minimum atomic E-state index is -4.16. The van der Waals surface area contributed by atoms with Gasteiger partial charge >= 0.3 is 6.03 Å².